The van der Waals surface area contributed by atoms with Gasteiger partial charge >= 0.3 is 0 Å². The molecule has 1 fully saturated rings. The van der Waals surface area contributed by atoms with Crippen molar-refractivity contribution >= 4 is 22.4 Å². The zero-order chi connectivity index (χ0) is 13.1. The maximum atomic E-state index is 5.97. The van der Waals surface area contributed by atoms with E-state index in [0.717, 1.165) is 28.6 Å². The summed E-state index contributed by atoms with van der Waals surface area (Å²) in [5.74, 6) is 1.59. The summed E-state index contributed by atoms with van der Waals surface area (Å²) >= 11 is 1.44. The minimum absolute atomic E-state index is 0.598. The van der Waals surface area contributed by atoms with Crippen molar-refractivity contribution in [3.8, 4) is 11.1 Å². The Morgan fingerprint density at radius 1 is 1.32 bits per heavy atom. The molecule has 4 nitrogen and oxygen atoms in total. The molecule has 3 N–H and O–H groups in total. The van der Waals surface area contributed by atoms with Crippen molar-refractivity contribution in [2.45, 2.75) is 25.7 Å². The molecule has 5 heteroatoms. The third-order valence-corrected chi connectivity index (χ3v) is 4.28. The Hall–Kier alpha value is -1.62. The summed E-state index contributed by atoms with van der Waals surface area (Å²) in [6.45, 7) is 0.996. The van der Waals surface area contributed by atoms with E-state index in [9.17, 15) is 0 Å². The Labute approximate surface area is 117 Å². The van der Waals surface area contributed by atoms with Crippen LogP contribution in [0.2, 0.25) is 0 Å². The molecule has 0 atom stereocenters. The first-order valence-electron chi connectivity index (χ1n) is 6.74. The minimum atomic E-state index is 0.598. The smallest absolute Gasteiger partial charge is 0.147 e. The van der Waals surface area contributed by atoms with Crippen molar-refractivity contribution < 1.29 is 0 Å². The van der Waals surface area contributed by atoms with E-state index in [1.165, 1.54) is 37.2 Å². The number of pyridine rings is 1. The van der Waals surface area contributed by atoms with Crippen molar-refractivity contribution in [3.05, 3.63) is 24.5 Å². The van der Waals surface area contributed by atoms with E-state index in [1.807, 2.05) is 12.1 Å². The van der Waals surface area contributed by atoms with E-state index in [4.69, 9.17) is 5.73 Å². The largest absolute Gasteiger partial charge is 0.382 e. The van der Waals surface area contributed by atoms with Gasteiger partial charge in [-0.15, -0.1) is 0 Å². The average Bonchev–Trinajstić information content (AvgIpc) is 3.19. The molecule has 1 saturated carbocycles. The molecule has 100 valence electrons. The van der Waals surface area contributed by atoms with E-state index in [1.54, 1.807) is 12.4 Å². The van der Waals surface area contributed by atoms with Gasteiger partial charge in [-0.05, 0) is 48.0 Å². The lowest BCUT2D eigenvalue weighted by Crippen LogP contribution is -2.01. The summed E-state index contributed by atoms with van der Waals surface area (Å²) in [5.41, 5.74) is 8.06. The van der Waals surface area contributed by atoms with Gasteiger partial charge in [0.15, 0.2) is 0 Å². The number of aromatic nitrogens is 2. The molecule has 2 heterocycles. The van der Waals surface area contributed by atoms with Crippen LogP contribution in [0.1, 0.15) is 25.7 Å². The van der Waals surface area contributed by atoms with Crippen LogP contribution in [0.3, 0.4) is 0 Å². The molecule has 1 aliphatic rings. The Morgan fingerprint density at radius 3 is 2.84 bits per heavy atom. The Kier molecular flexibility index (Phi) is 3.64. The molecule has 2 aromatic rings. The van der Waals surface area contributed by atoms with Crippen LogP contribution < -0.4 is 11.1 Å². The lowest BCUT2D eigenvalue weighted by Gasteiger charge is -2.07. The first-order valence-corrected chi connectivity index (χ1v) is 7.51. The van der Waals surface area contributed by atoms with Gasteiger partial charge in [0.2, 0.25) is 0 Å². The number of hydrogen-bond acceptors (Lipinski definition) is 5. The molecule has 0 saturated heterocycles. The number of nitrogens with one attached hydrogen (secondary N) is 1. The quantitative estimate of drug-likeness (QED) is 0.793. The number of nitrogens with two attached hydrogens (primary N) is 1. The summed E-state index contributed by atoms with van der Waals surface area (Å²) in [5, 5.41) is 4.54. The summed E-state index contributed by atoms with van der Waals surface area (Å²) < 4.78 is 4.26. The molecule has 0 aromatic carbocycles. The number of anilines is 2. The van der Waals surface area contributed by atoms with Crippen LogP contribution in [0.5, 0.6) is 0 Å². The Bertz CT molecular complexity index is 534. The van der Waals surface area contributed by atoms with Gasteiger partial charge in [0.25, 0.3) is 0 Å². The van der Waals surface area contributed by atoms with Crippen LogP contribution in [-0.4, -0.2) is 15.9 Å². The third kappa shape index (κ3) is 3.04. The standard InChI is InChI=1S/C14H18N4S/c15-13-12(11-5-8-16-9-6-11)14(19-18-13)17-7-1-2-10-3-4-10/h5-6,8-10,17H,1-4,7H2,(H2,15,18). The summed E-state index contributed by atoms with van der Waals surface area (Å²) in [7, 11) is 0. The van der Waals surface area contributed by atoms with Crippen molar-refractivity contribution in [2.24, 2.45) is 5.92 Å². The second-order valence-electron chi connectivity index (χ2n) is 5.02. The fourth-order valence-corrected chi connectivity index (χ4v) is 2.98. The maximum Gasteiger partial charge on any atom is 0.147 e. The molecule has 0 bridgehead atoms. The Morgan fingerprint density at radius 2 is 2.11 bits per heavy atom. The molecule has 0 amide bonds. The predicted octanol–water partition coefficient (Wildman–Crippen LogP) is 3.39. The minimum Gasteiger partial charge on any atom is -0.382 e. The van der Waals surface area contributed by atoms with Crippen LogP contribution in [0.15, 0.2) is 24.5 Å². The molecule has 19 heavy (non-hydrogen) atoms. The van der Waals surface area contributed by atoms with E-state index in [0.29, 0.717) is 5.82 Å². The molecule has 0 radical (unpaired) electrons. The van der Waals surface area contributed by atoms with Crippen molar-refractivity contribution in [3.63, 3.8) is 0 Å². The van der Waals surface area contributed by atoms with E-state index >= 15 is 0 Å². The van der Waals surface area contributed by atoms with E-state index < -0.39 is 0 Å². The Balaban J connectivity index is 1.67. The molecule has 3 rings (SSSR count). The average molecular weight is 274 g/mol. The van der Waals surface area contributed by atoms with Crippen molar-refractivity contribution in [2.75, 3.05) is 17.6 Å². The molecule has 2 aromatic heterocycles. The highest BCUT2D eigenvalue weighted by Gasteiger charge is 2.20. The highest BCUT2D eigenvalue weighted by Crippen LogP contribution is 2.37. The molecule has 0 unspecified atom stereocenters. The zero-order valence-corrected chi connectivity index (χ0v) is 11.6. The summed E-state index contributed by atoms with van der Waals surface area (Å²) in [4.78, 5) is 4.04. The molecular weight excluding hydrogens is 256 g/mol. The first-order chi connectivity index (χ1) is 9.34. The van der Waals surface area contributed by atoms with Crippen LogP contribution in [-0.2, 0) is 0 Å². The normalized spacial score (nSPS) is 14.5. The maximum absolute atomic E-state index is 5.97. The number of nitrogens with zero attached hydrogens (tertiary/aromatic N) is 2. The van der Waals surface area contributed by atoms with E-state index in [-0.39, 0.29) is 0 Å². The highest BCUT2D eigenvalue weighted by atomic mass is 32.1. The topological polar surface area (TPSA) is 63.8 Å². The fraction of sp³-hybridized carbons (Fsp3) is 0.429. The highest BCUT2D eigenvalue weighted by molar-refractivity contribution is 7.11. The monoisotopic (exact) mass is 274 g/mol. The second kappa shape index (κ2) is 5.57. The van der Waals surface area contributed by atoms with Gasteiger partial charge in [0.05, 0.1) is 5.56 Å². The lowest BCUT2D eigenvalue weighted by molar-refractivity contribution is 0.688. The molecule has 0 spiro atoms. The van der Waals surface area contributed by atoms with E-state index in [2.05, 4.69) is 14.7 Å². The lowest BCUT2D eigenvalue weighted by atomic mass is 10.1. The third-order valence-electron chi connectivity index (χ3n) is 3.46. The second-order valence-corrected chi connectivity index (χ2v) is 5.79. The number of rotatable bonds is 6. The molecular formula is C14H18N4S. The van der Waals surface area contributed by atoms with Gasteiger partial charge in [-0.1, -0.05) is 12.8 Å². The fourth-order valence-electron chi connectivity index (χ4n) is 2.22. The van der Waals surface area contributed by atoms with Gasteiger partial charge in [0.1, 0.15) is 10.8 Å². The van der Waals surface area contributed by atoms with Crippen LogP contribution in [0, 0.1) is 5.92 Å². The number of nitrogen functional groups attached to an aromatic ring is 1. The van der Waals surface area contributed by atoms with Gasteiger partial charge < -0.3 is 11.1 Å². The van der Waals surface area contributed by atoms with Gasteiger partial charge in [-0.25, -0.2) is 0 Å². The first kappa shape index (κ1) is 12.4. The predicted molar refractivity (Wildman–Crippen MR) is 80.2 cm³/mol. The SMILES string of the molecule is Nc1nsc(NCCCC2CC2)c1-c1ccncc1. The van der Waals surface area contributed by atoms with Crippen molar-refractivity contribution in [1.29, 1.82) is 0 Å². The zero-order valence-electron chi connectivity index (χ0n) is 10.8. The van der Waals surface area contributed by atoms with Crippen LogP contribution >= 0.6 is 11.5 Å². The summed E-state index contributed by atoms with van der Waals surface area (Å²) in [6, 6.07) is 3.94. The summed E-state index contributed by atoms with van der Waals surface area (Å²) in [6.07, 6.45) is 8.97. The van der Waals surface area contributed by atoms with Gasteiger partial charge in [0, 0.05) is 18.9 Å². The van der Waals surface area contributed by atoms with Crippen LogP contribution in [0.25, 0.3) is 11.1 Å². The van der Waals surface area contributed by atoms with Crippen LogP contribution in [0.4, 0.5) is 10.8 Å². The molecule has 1 aliphatic carbocycles. The van der Waals surface area contributed by atoms with Gasteiger partial charge in [-0.3, -0.25) is 4.98 Å². The molecule has 0 aliphatic heterocycles. The van der Waals surface area contributed by atoms with Gasteiger partial charge in [-0.2, -0.15) is 4.37 Å². The number of hydrogen-bond donors (Lipinski definition) is 2. The van der Waals surface area contributed by atoms with Crippen molar-refractivity contribution in [1.82, 2.24) is 9.36 Å².